The molecule has 1 aromatic carbocycles. The molecule has 7 heteroatoms. The number of benzene rings is 1. The molecule has 0 radical (unpaired) electrons. The van der Waals surface area contributed by atoms with Crippen molar-refractivity contribution in [3.8, 4) is 0 Å². The van der Waals surface area contributed by atoms with E-state index in [-0.39, 0.29) is 18.1 Å². The molecule has 1 aromatic rings. The number of piperidine rings is 1. The van der Waals surface area contributed by atoms with Crippen molar-refractivity contribution in [2.45, 2.75) is 25.4 Å². The molecule has 2 rings (SSSR count). The first-order valence-corrected chi connectivity index (χ1v) is 6.79. The van der Waals surface area contributed by atoms with Crippen molar-refractivity contribution in [2.75, 3.05) is 20.1 Å². The fourth-order valence-electron chi connectivity index (χ4n) is 2.42. The highest BCUT2D eigenvalue weighted by Gasteiger charge is 2.19. The number of halogens is 2. The Bertz CT molecular complexity index is 465. The summed E-state index contributed by atoms with van der Waals surface area (Å²) in [5.74, 6) is 0. The number of hydrogen-bond acceptors (Lipinski definition) is 4. The smallest absolute Gasteiger partial charge is 0.270 e. The molecule has 0 bridgehead atoms. The summed E-state index contributed by atoms with van der Waals surface area (Å²) >= 11 is 6.11. The minimum atomic E-state index is -0.424. The summed E-state index contributed by atoms with van der Waals surface area (Å²) in [6.07, 6.45) is 2.25. The van der Waals surface area contributed by atoms with E-state index < -0.39 is 4.92 Å². The molecule has 1 heterocycles. The van der Waals surface area contributed by atoms with E-state index >= 15 is 0 Å². The third kappa shape index (κ3) is 4.31. The van der Waals surface area contributed by atoms with Crippen LogP contribution in [0.2, 0.25) is 5.02 Å². The van der Waals surface area contributed by atoms with Crippen molar-refractivity contribution in [1.29, 1.82) is 0 Å². The number of nitrogens with one attached hydrogen (secondary N) is 1. The quantitative estimate of drug-likeness (QED) is 0.684. The Morgan fingerprint density at radius 3 is 2.65 bits per heavy atom. The van der Waals surface area contributed by atoms with Crippen molar-refractivity contribution >= 4 is 29.7 Å². The summed E-state index contributed by atoms with van der Waals surface area (Å²) in [5.41, 5.74) is 0.978. The van der Waals surface area contributed by atoms with E-state index in [9.17, 15) is 10.1 Å². The van der Waals surface area contributed by atoms with Crippen molar-refractivity contribution in [3.05, 3.63) is 38.9 Å². The van der Waals surface area contributed by atoms with Crippen LogP contribution in [0.25, 0.3) is 0 Å². The van der Waals surface area contributed by atoms with Crippen LogP contribution in [0.3, 0.4) is 0 Å². The Labute approximate surface area is 129 Å². The van der Waals surface area contributed by atoms with Crippen molar-refractivity contribution in [1.82, 2.24) is 10.2 Å². The summed E-state index contributed by atoms with van der Waals surface area (Å²) in [4.78, 5) is 12.5. The minimum Gasteiger partial charge on any atom is -0.317 e. The molecule has 0 aromatic heterocycles. The first kappa shape index (κ1) is 17.2. The van der Waals surface area contributed by atoms with E-state index in [1.165, 1.54) is 12.1 Å². The van der Waals surface area contributed by atoms with Crippen LogP contribution in [0.1, 0.15) is 18.4 Å². The minimum absolute atomic E-state index is 0. The van der Waals surface area contributed by atoms with Gasteiger partial charge in [0, 0.05) is 24.7 Å². The summed E-state index contributed by atoms with van der Waals surface area (Å²) in [6.45, 7) is 2.81. The van der Waals surface area contributed by atoms with Gasteiger partial charge in [0.25, 0.3) is 5.69 Å². The largest absolute Gasteiger partial charge is 0.317 e. The van der Waals surface area contributed by atoms with Crippen LogP contribution in [-0.4, -0.2) is 36.0 Å². The first-order chi connectivity index (χ1) is 9.08. The van der Waals surface area contributed by atoms with Gasteiger partial charge in [-0.15, -0.1) is 12.4 Å². The molecule has 1 saturated heterocycles. The molecule has 0 spiro atoms. The molecule has 0 atom stereocenters. The van der Waals surface area contributed by atoms with Crippen molar-refractivity contribution in [2.24, 2.45) is 0 Å². The molecule has 0 unspecified atom stereocenters. The molecule has 1 aliphatic rings. The zero-order valence-electron chi connectivity index (χ0n) is 11.3. The maximum atomic E-state index is 10.7. The third-order valence-corrected chi connectivity index (χ3v) is 3.95. The normalized spacial score (nSPS) is 15.9. The number of hydrogen-bond donors (Lipinski definition) is 1. The Hall–Kier alpha value is -0.880. The van der Waals surface area contributed by atoms with E-state index in [4.69, 9.17) is 11.6 Å². The number of nitrogens with zero attached hydrogens (tertiary/aromatic N) is 2. The second kappa shape index (κ2) is 7.78. The lowest BCUT2D eigenvalue weighted by atomic mass is 10.0. The number of nitro groups is 1. The maximum absolute atomic E-state index is 10.7. The first-order valence-electron chi connectivity index (χ1n) is 6.41. The number of nitro benzene ring substituents is 1. The van der Waals surface area contributed by atoms with Crippen LogP contribution in [0.4, 0.5) is 5.69 Å². The standard InChI is InChI=1S/C13H18ClN3O2.ClH/c1-16(11-4-6-15-7-5-11)9-10-2-3-12(17(18)19)8-13(10)14;/h2-3,8,11,15H,4-7,9H2,1H3;1H. The van der Waals surface area contributed by atoms with Crippen LogP contribution in [0.15, 0.2) is 18.2 Å². The molecule has 0 aliphatic carbocycles. The van der Waals surface area contributed by atoms with Gasteiger partial charge >= 0.3 is 0 Å². The monoisotopic (exact) mass is 319 g/mol. The molecule has 1 aliphatic heterocycles. The van der Waals surface area contributed by atoms with Gasteiger partial charge in [0.1, 0.15) is 0 Å². The zero-order valence-corrected chi connectivity index (χ0v) is 12.9. The fraction of sp³-hybridized carbons (Fsp3) is 0.538. The Morgan fingerprint density at radius 1 is 1.45 bits per heavy atom. The van der Waals surface area contributed by atoms with E-state index in [2.05, 4.69) is 17.3 Å². The molecular weight excluding hydrogens is 301 g/mol. The van der Waals surface area contributed by atoms with Crippen LogP contribution in [0.5, 0.6) is 0 Å². The van der Waals surface area contributed by atoms with E-state index in [0.717, 1.165) is 38.0 Å². The van der Waals surface area contributed by atoms with Gasteiger partial charge in [0.05, 0.1) is 9.95 Å². The highest BCUT2D eigenvalue weighted by Crippen LogP contribution is 2.24. The third-order valence-electron chi connectivity index (χ3n) is 3.60. The van der Waals surface area contributed by atoms with Gasteiger partial charge in [-0.2, -0.15) is 0 Å². The molecule has 0 amide bonds. The lowest BCUT2D eigenvalue weighted by Crippen LogP contribution is -2.40. The summed E-state index contributed by atoms with van der Waals surface area (Å²) < 4.78 is 0. The van der Waals surface area contributed by atoms with Crippen LogP contribution in [-0.2, 0) is 6.54 Å². The average molecular weight is 320 g/mol. The van der Waals surface area contributed by atoms with Crippen molar-refractivity contribution in [3.63, 3.8) is 0 Å². The highest BCUT2D eigenvalue weighted by atomic mass is 35.5. The lowest BCUT2D eigenvalue weighted by molar-refractivity contribution is -0.384. The summed E-state index contributed by atoms with van der Waals surface area (Å²) in [6, 6.07) is 5.23. The van der Waals surface area contributed by atoms with Gasteiger partial charge in [-0.25, -0.2) is 0 Å². The summed E-state index contributed by atoms with van der Waals surface area (Å²) in [7, 11) is 2.08. The molecular formula is C13H19Cl2N3O2. The van der Waals surface area contributed by atoms with Crippen LogP contribution >= 0.6 is 24.0 Å². The van der Waals surface area contributed by atoms with Gasteiger partial charge in [-0.1, -0.05) is 11.6 Å². The Morgan fingerprint density at radius 2 is 2.10 bits per heavy atom. The molecule has 0 saturated carbocycles. The second-order valence-corrected chi connectivity index (χ2v) is 5.34. The topological polar surface area (TPSA) is 58.4 Å². The molecule has 112 valence electrons. The van der Waals surface area contributed by atoms with Gasteiger partial charge in [0.2, 0.25) is 0 Å². The Balaban J connectivity index is 0.00000200. The predicted octanol–water partition coefficient (Wildman–Crippen LogP) is 2.85. The van der Waals surface area contributed by atoms with Crippen molar-refractivity contribution < 1.29 is 4.92 Å². The SMILES string of the molecule is CN(Cc1ccc([N+](=O)[O-])cc1Cl)C1CCNCC1.Cl. The lowest BCUT2D eigenvalue weighted by Gasteiger charge is -2.31. The maximum Gasteiger partial charge on any atom is 0.270 e. The van der Waals surface area contributed by atoms with Crippen LogP contribution in [0, 0.1) is 10.1 Å². The van der Waals surface area contributed by atoms with Crippen LogP contribution < -0.4 is 5.32 Å². The van der Waals surface area contributed by atoms with E-state index in [1.54, 1.807) is 6.07 Å². The Kier molecular flexibility index (Phi) is 6.68. The molecule has 20 heavy (non-hydrogen) atoms. The molecule has 1 fully saturated rings. The average Bonchev–Trinajstić information content (AvgIpc) is 2.41. The van der Waals surface area contributed by atoms with Gasteiger partial charge in [-0.3, -0.25) is 15.0 Å². The number of non-ortho nitro benzene ring substituents is 1. The zero-order chi connectivity index (χ0) is 13.8. The highest BCUT2D eigenvalue weighted by molar-refractivity contribution is 6.31. The van der Waals surface area contributed by atoms with Gasteiger partial charge in [0.15, 0.2) is 0 Å². The molecule has 5 nitrogen and oxygen atoms in total. The van der Waals surface area contributed by atoms with Gasteiger partial charge < -0.3 is 5.32 Å². The van der Waals surface area contributed by atoms with Gasteiger partial charge in [-0.05, 0) is 44.6 Å². The second-order valence-electron chi connectivity index (χ2n) is 4.93. The number of rotatable bonds is 4. The molecule has 1 N–H and O–H groups in total. The summed E-state index contributed by atoms with van der Waals surface area (Å²) in [5, 5.41) is 14.5. The fourth-order valence-corrected chi connectivity index (χ4v) is 2.66. The van der Waals surface area contributed by atoms with E-state index in [1.807, 2.05) is 0 Å². The van der Waals surface area contributed by atoms with E-state index in [0.29, 0.717) is 11.1 Å². The predicted molar refractivity (Wildman–Crippen MR) is 82.7 cm³/mol.